The average molecular weight is 461 g/mol. The Labute approximate surface area is 169 Å². The fraction of sp³-hybridized carbons (Fsp3) is 0.632. The van der Waals surface area contributed by atoms with Gasteiger partial charge >= 0.3 is 0 Å². The number of benzene rings is 1. The van der Waals surface area contributed by atoms with E-state index in [9.17, 15) is 0 Å². The maximum Gasteiger partial charge on any atom is 0.191 e. The van der Waals surface area contributed by atoms with E-state index in [1.54, 1.807) is 7.05 Å². The molecule has 0 heterocycles. The molecule has 2 N–H and O–H groups in total. The number of halogens is 1. The number of hydrogen-bond acceptors (Lipinski definition) is 3. The van der Waals surface area contributed by atoms with Crippen LogP contribution in [0, 0.1) is 0 Å². The van der Waals surface area contributed by atoms with Crippen molar-refractivity contribution in [1.29, 1.82) is 0 Å². The van der Waals surface area contributed by atoms with Crippen molar-refractivity contribution < 1.29 is 9.47 Å². The summed E-state index contributed by atoms with van der Waals surface area (Å²) in [7, 11) is 1.78. The van der Waals surface area contributed by atoms with Crippen LogP contribution in [0.1, 0.15) is 44.6 Å². The smallest absolute Gasteiger partial charge is 0.191 e. The second-order valence-electron chi connectivity index (χ2n) is 6.07. The summed E-state index contributed by atoms with van der Waals surface area (Å²) in [5.41, 5.74) is 1.19. The molecule has 1 aromatic rings. The summed E-state index contributed by atoms with van der Waals surface area (Å²) in [5, 5.41) is 6.56. The van der Waals surface area contributed by atoms with E-state index in [-0.39, 0.29) is 24.0 Å². The fourth-order valence-electron chi connectivity index (χ4n) is 2.90. The van der Waals surface area contributed by atoms with E-state index in [1.807, 2.05) is 13.0 Å². The van der Waals surface area contributed by atoms with Gasteiger partial charge in [-0.15, -0.1) is 24.0 Å². The van der Waals surface area contributed by atoms with Crippen LogP contribution in [0.3, 0.4) is 0 Å². The summed E-state index contributed by atoms with van der Waals surface area (Å²) in [4.78, 5) is 4.22. The van der Waals surface area contributed by atoms with E-state index < -0.39 is 0 Å². The number of rotatable bonds is 8. The standard InChI is InChI=1S/C19H31N3O2.HI/c1-3-23-13-12-21-19(20-2)22-15-16-8-7-11-18(14-16)24-17-9-5-4-6-10-17;/h7-8,11,14,17H,3-6,9-10,12-13,15H2,1-2H3,(H2,20,21,22);1H. The van der Waals surface area contributed by atoms with E-state index in [1.165, 1.54) is 37.7 Å². The van der Waals surface area contributed by atoms with Crippen LogP contribution in [0.25, 0.3) is 0 Å². The lowest BCUT2D eigenvalue weighted by molar-refractivity contribution is 0.152. The highest BCUT2D eigenvalue weighted by Crippen LogP contribution is 2.23. The first-order valence-corrected chi connectivity index (χ1v) is 9.09. The Kier molecular flexibility index (Phi) is 11.6. The molecule has 0 saturated heterocycles. The molecule has 5 nitrogen and oxygen atoms in total. The van der Waals surface area contributed by atoms with Crippen molar-refractivity contribution in [1.82, 2.24) is 10.6 Å². The zero-order valence-corrected chi connectivity index (χ0v) is 17.8. The van der Waals surface area contributed by atoms with Gasteiger partial charge in [0.1, 0.15) is 5.75 Å². The maximum absolute atomic E-state index is 6.13. The average Bonchev–Trinajstić information content (AvgIpc) is 2.62. The van der Waals surface area contributed by atoms with Gasteiger partial charge in [0.25, 0.3) is 0 Å². The number of aliphatic imine (C=N–C) groups is 1. The lowest BCUT2D eigenvalue weighted by atomic mass is 9.98. The normalized spacial score (nSPS) is 15.4. The highest BCUT2D eigenvalue weighted by Gasteiger charge is 2.14. The monoisotopic (exact) mass is 461 g/mol. The molecule has 1 saturated carbocycles. The molecule has 1 aliphatic carbocycles. The second kappa shape index (κ2) is 13.2. The van der Waals surface area contributed by atoms with Crippen LogP contribution >= 0.6 is 24.0 Å². The molecule has 0 radical (unpaired) electrons. The third kappa shape index (κ3) is 8.76. The quantitative estimate of drug-likeness (QED) is 0.268. The highest BCUT2D eigenvalue weighted by molar-refractivity contribution is 14.0. The molecule has 1 fully saturated rings. The molecule has 1 aliphatic rings. The molecule has 0 atom stereocenters. The first-order chi connectivity index (χ1) is 11.8. The van der Waals surface area contributed by atoms with Gasteiger partial charge in [-0.1, -0.05) is 18.6 Å². The number of nitrogens with one attached hydrogen (secondary N) is 2. The molecule has 2 rings (SSSR count). The van der Waals surface area contributed by atoms with Crippen molar-refractivity contribution in [3.05, 3.63) is 29.8 Å². The van der Waals surface area contributed by atoms with Crippen molar-refractivity contribution in [2.75, 3.05) is 26.8 Å². The van der Waals surface area contributed by atoms with Crippen LogP contribution in [-0.4, -0.2) is 38.9 Å². The van der Waals surface area contributed by atoms with Gasteiger partial charge in [0.05, 0.1) is 12.7 Å². The van der Waals surface area contributed by atoms with Crippen LogP contribution in [0.5, 0.6) is 5.75 Å². The highest BCUT2D eigenvalue weighted by atomic mass is 127. The minimum atomic E-state index is 0. The van der Waals surface area contributed by atoms with Crippen LogP contribution in [0.15, 0.2) is 29.3 Å². The molecule has 1 aromatic carbocycles. The molecule has 0 spiro atoms. The van der Waals surface area contributed by atoms with E-state index in [2.05, 4.69) is 33.8 Å². The zero-order valence-electron chi connectivity index (χ0n) is 15.4. The Morgan fingerprint density at radius 3 is 2.72 bits per heavy atom. The number of ether oxygens (including phenoxy) is 2. The molecule has 0 aromatic heterocycles. The van der Waals surface area contributed by atoms with Gasteiger partial charge in [-0.3, -0.25) is 4.99 Å². The van der Waals surface area contributed by atoms with E-state index in [4.69, 9.17) is 9.47 Å². The van der Waals surface area contributed by atoms with Gasteiger partial charge in [0, 0.05) is 26.7 Å². The Balaban J connectivity index is 0.00000312. The van der Waals surface area contributed by atoms with Crippen LogP contribution in [0.2, 0.25) is 0 Å². The van der Waals surface area contributed by atoms with Crippen LogP contribution < -0.4 is 15.4 Å². The molecule has 142 valence electrons. The van der Waals surface area contributed by atoms with Crippen molar-refractivity contribution in [2.45, 2.75) is 51.7 Å². The topological polar surface area (TPSA) is 54.9 Å². The van der Waals surface area contributed by atoms with Gasteiger partial charge in [0.15, 0.2) is 5.96 Å². The summed E-state index contributed by atoms with van der Waals surface area (Å²) >= 11 is 0. The summed E-state index contributed by atoms with van der Waals surface area (Å²) in [6, 6.07) is 8.33. The van der Waals surface area contributed by atoms with Gasteiger partial charge in [0.2, 0.25) is 0 Å². The third-order valence-electron chi connectivity index (χ3n) is 4.18. The third-order valence-corrected chi connectivity index (χ3v) is 4.18. The van der Waals surface area contributed by atoms with Gasteiger partial charge in [-0.2, -0.15) is 0 Å². The molecule has 0 bridgehead atoms. The molecule has 0 amide bonds. The molecular formula is C19H32IN3O2. The molecule has 6 heteroatoms. The zero-order chi connectivity index (χ0) is 17.0. The van der Waals surface area contributed by atoms with E-state index >= 15 is 0 Å². The maximum atomic E-state index is 6.13. The van der Waals surface area contributed by atoms with Crippen LogP contribution in [0.4, 0.5) is 0 Å². The summed E-state index contributed by atoms with van der Waals surface area (Å²) < 4.78 is 11.4. The molecular weight excluding hydrogens is 429 g/mol. The number of hydrogen-bond donors (Lipinski definition) is 2. The van der Waals surface area contributed by atoms with Crippen LogP contribution in [-0.2, 0) is 11.3 Å². The Hall–Kier alpha value is -1.02. The number of nitrogens with zero attached hydrogens (tertiary/aromatic N) is 1. The first kappa shape index (κ1) is 22.0. The second-order valence-corrected chi connectivity index (χ2v) is 6.07. The van der Waals surface area contributed by atoms with Crippen molar-refractivity contribution in [3.8, 4) is 5.75 Å². The van der Waals surface area contributed by atoms with Gasteiger partial charge in [-0.25, -0.2) is 0 Å². The number of guanidine groups is 1. The van der Waals surface area contributed by atoms with Gasteiger partial charge < -0.3 is 20.1 Å². The molecule has 25 heavy (non-hydrogen) atoms. The molecule has 0 unspecified atom stereocenters. The Bertz CT molecular complexity index is 505. The SMILES string of the molecule is CCOCCNC(=NC)NCc1cccc(OC2CCCCC2)c1.I. The fourth-order valence-corrected chi connectivity index (χ4v) is 2.90. The lowest BCUT2D eigenvalue weighted by Crippen LogP contribution is -2.38. The van der Waals surface area contributed by atoms with Crippen molar-refractivity contribution >= 4 is 29.9 Å². The first-order valence-electron chi connectivity index (χ1n) is 9.09. The summed E-state index contributed by atoms with van der Waals surface area (Å²) in [5.74, 6) is 1.76. The minimum Gasteiger partial charge on any atom is -0.490 e. The van der Waals surface area contributed by atoms with E-state index in [0.29, 0.717) is 12.7 Å². The Morgan fingerprint density at radius 1 is 1.20 bits per heavy atom. The lowest BCUT2D eigenvalue weighted by Gasteiger charge is -2.23. The summed E-state index contributed by atoms with van der Waals surface area (Å²) in [6.07, 6.45) is 6.66. The molecule has 0 aliphatic heterocycles. The van der Waals surface area contributed by atoms with E-state index in [0.717, 1.165) is 31.4 Å². The minimum absolute atomic E-state index is 0. The Morgan fingerprint density at radius 2 is 2.00 bits per heavy atom. The summed E-state index contributed by atoms with van der Waals surface area (Å²) in [6.45, 7) is 4.88. The van der Waals surface area contributed by atoms with Gasteiger partial charge in [-0.05, 0) is 50.3 Å². The van der Waals surface area contributed by atoms with Crippen molar-refractivity contribution in [3.63, 3.8) is 0 Å². The predicted octanol–water partition coefficient (Wildman–Crippen LogP) is 3.72. The predicted molar refractivity (Wildman–Crippen MR) is 114 cm³/mol. The van der Waals surface area contributed by atoms with Crippen molar-refractivity contribution in [2.24, 2.45) is 4.99 Å². The largest absolute Gasteiger partial charge is 0.490 e.